The zero-order valence-corrected chi connectivity index (χ0v) is 12.1. The summed E-state index contributed by atoms with van der Waals surface area (Å²) in [5.74, 6) is 3.60. The number of methoxy groups -OCH3 is 1. The molecule has 104 valence electrons. The fraction of sp³-hybridized carbons (Fsp3) is 0.647. The molecule has 1 aromatic rings. The highest BCUT2D eigenvalue weighted by Gasteiger charge is 2.42. The normalized spacial score (nSPS) is 30.6. The third-order valence-corrected chi connectivity index (χ3v) is 5.23. The Morgan fingerprint density at radius 1 is 1.32 bits per heavy atom. The van der Waals surface area contributed by atoms with Gasteiger partial charge in [0.25, 0.3) is 0 Å². The Morgan fingerprint density at radius 2 is 2.16 bits per heavy atom. The predicted molar refractivity (Wildman–Crippen MR) is 78.3 cm³/mol. The van der Waals surface area contributed by atoms with Crippen LogP contribution in [0.4, 0.5) is 0 Å². The highest BCUT2D eigenvalue weighted by molar-refractivity contribution is 5.37. The van der Waals surface area contributed by atoms with Crippen LogP contribution < -0.4 is 10.5 Å². The number of hydrogen-bond donors (Lipinski definition) is 1. The van der Waals surface area contributed by atoms with Crippen molar-refractivity contribution in [2.75, 3.05) is 7.11 Å². The molecule has 4 unspecified atom stereocenters. The lowest BCUT2D eigenvalue weighted by atomic mass is 9.81. The highest BCUT2D eigenvalue weighted by Crippen LogP contribution is 2.49. The molecule has 0 spiro atoms. The number of fused-ring (bicyclic) bond motifs is 2. The highest BCUT2D eigenvalue weighted by atomic mass is 16.5. The summed E-state index contributed by atoms with van der Waals surface area (Å²) in [7, 11) is 1.75. The van der Waals surface area contributed by atoms with Gasteiger partial charge in [0.15, 0.2) is 0 Å². The maximum Gasteiger partial charge on any atom is 0.122 e. The average molecular weight is 259 g/mol. The minimum atomic E-state index is 0.297. The zero-order chi connectivity index (χ0) is 13.4. The van der Waals surface area contributed by atoms with Gasteiger partial charge in [-0.25, -0.2) is 0 Å². The van der Waals surface area contributed by atoms with E-state index in [4.69, 9.17) is 10.5 Å². The standard InChI is InChI=1S/C17H25NO/c1-11-3-6-17(19-2)14(7-11)10-16(18)15-9-12-4-5-13(15)8-12/h3,6-7,12-13,15-16H,4-5,8-10,18H2,1-2H3. The van der Waals surface area contributed by atoms with Crippen LogP contribution >= 0.6 is 0 Å². The summed E-state index contributed by atoms with van der Waals surface area (Å²) in [6.07, 6.45) is 6.61. The number of aryl methyl sites for hydroxylation is 1. The monoisotopic (exact) mass is 259 g/mol. The molecule has 2 aliphatic rings. The zero-order valence-electron chi connectivity index (χ0n) is 12.1. The van der Waals surface area contributed by atoms with Crippen LogP contribution in [-0.2, 0) is 6.42 Å². The molecule has 2 nitrogen and oxygen atoms in total. The van der Waals surface area contributed by atoms with E-state index in [-0.39, 0.29) is 0 Å². The first-order valence-corrected chi connectivity index (χ1v) is 7.56. The molecule has 2 aliphatic carbocycles. The maximum absolute atomic E-state index is 6.52. The lowest BCUT2D eigenvalue weighted by Crippen LogP contribution is -2.35. The van der Waals surface area contributed by atoms with Gasteiger partial charge in [-0.3, -0.25) is 0 Å². The third kappa shape index (κ3) is 2.51. The van der Waals surface area contributed by atoms with Crippen LogP contribution in [0.25, 0.3) is 0 Å². The molecule has 0 aromatic heterocycles. The summed E-state index contributed by atoms with van der Waals surface area (Å²) in [4.78, 5) is 0. The lowest BCUT2D eigenvalue weighted by Gasteiger charge is -2.28. The van der Waals surface area contributed by atoms with E-state index in [1.165, 1.54) is 36.8 Å². The molecule has 2 fully saturated rings. The number of nitrogens with two attached hydrogens (primary N) is 1. The van der Waals surface area contributed by atoms with Crippen molar-refractivity contribution in [1.29, 1.82) is 0 Å². The van der Waals surface area contributed by atoms with Gasteiger partial charge < -0.3 is 10.5 Å². The second kappa shape index (κ2) is 5.16. The summed E-state index contributed by atoms with van der Waals surface area (Å²) in [6, 6.07) is 6.70. The van der Waals surface area contributed by atoms with Crippen molar-refractivity contribution >= 4 is 0 Å². The molecule has 0 amide bonds. The number of ether oxygens (including phenoxy) is 1. The van der Waals surface area contributed by atoms with Crippen LogP contribution in [0.2, 0.25) is 0 Å². The first-order valence-electron chi connectivity index (χ1n) is 7.56. The third-order valence-electron chi connectivity index (χ3n) is 5.23. The minimum Gasteiger partial charge on any atom is -0.496 e. The number of rotatable bonds is 4. The Balaban J connectivity index is 1.72. The molecule has 3 rings (SSSR count). The largest absolute Gasteiger partial charge is 0.496 e. The molecule has 1 aromatic carbocycles. The van der Waals surface area contributed by atoms with E-state index in [2.05, 4.69) is 25.1 Å². The second-order valence-corrected chi connectivity index (χ2v) is 6.52. The van der Waals surface area contributed by atoms with Gasteiger partial charge in [0.05, 0.1) is 7.11 Å². The first kappa shape index (κ1) is 13.0. The van der Waals surface area contributed by atoms with Crippen molar-refractivity contribution in [3.63, 3.8) is 0 Å². The van der Waals surface area contributed by atoms with Crippen molar-refractivity contribution in [2.45, 2.75) is 45.1 Å². The van der Waals surface area contributed by atoms with Crippen molar-refractivity contribution in [3.05, 3.63) is 29.3 Å². The fourth-order valence-corrected chi connectivity index (χ4v) is 4.29. The molecular weight excluding hydrogens is 234 g/mol. The van der Waals surface area contributed by atoms with Gasteiger partial charge in [0.2, 0.25) is 0 Å². The Kier molecular flexibility index (Phi) is 3.53. The second-order valence-electron chi connectivity index (χ2n) is 6.52. The molecule has 0 radical (unpaired) electrons. The van der Waals surface area contributed by atoms with E-state index in [1.54, 1.807) is 7.11 Å². The SMILES string of the molecule is COc1ccc(C)cc1CC(N)C1CC2CCC1C2. The number of hydrogen-bond acceptors (Lipinski definition) is 2. The smallest absolute Gasteiger partial charge is 0.122 e. The van der Waals surface area contributed by atoms with E-state index in [0.29, 0.717) is 6.04 Å². The van der Waals surface area contributed by atoms with Crippen molar-refractivity contribution in [1.82, 2.24) is 0 Å². The molecule has 0 saturated heterocycles. The Hall–Kier alpha value is -1.02. The van der Waals surface area contributed by atoms with Crippen LogP contribution in [0.15, 0.2) is 18.2 Å². The first-order chi connectivity index (χ1) is 9.17. The van der Waals surface area contributed by atoms with Crippen LogP contribution in [0.5, 0.6) is 5.75 Å². The Morgan fingerprint density at radius 3 is 2.79 bits per heavy atom. The Bertz CT molecular complexity index is 457. The van der Waals surface area contributed by atoms with Crippen molar-refractivity contribution in [3.8, 4) is 5.75 Å². The van der Waals surface area contributed by atoms with Gasteiger partial charge in [-0.15, -0.1) is 0 Å². The molecule has 0 aliphatic heterocycles. The summed E-state index contributed by atoms with van der Waals surface area (Å²) in [5.41, 5.74) is 9.08. The van der Waals surface area contributed by atoms with Gasteiger partial charge >= 0.3 is 0 Å². The van der Waals surface area contributed by atoms with E-state index in [1.807, 2.05) is 0 Å². The summed E-state index contributed by atoms with van der Waals surface area (Å²) < 4.78 is 5.47. The van der Waals surface area contributed by atoms with Crippen LogP contribution in [-0.4, -0.2) is 13.2 Å². The molecule has 2 heteroatoms. The van der Waals surface area contributed by atoms with Gasteiger partial charge in [0, 0.05) is 6.04 Å². The molecule has 0 heterocycles. The van der Waals surface area contributed by atoms with Crippen molar-refractivity contribution in [2.24, 2.45) is 23.5 Å². The molecule has 2 N–H and O–H groups in total. The van der Waals surface area contributed by atoms with E-state index >= 15 is 0 Å². The molecule has 19 heavy (non-hydrogen) atoms. The topological polar surface area (TPSA) is 35.2 Å². The Labute approximate surface area is 116 Å². The molecular formula is C17H25NO. The van der Waals surface area contributed by atoms with Gasteiger partial charge in [-0.2, -0.15) is 0 Å². The summed E-state index contributed by atoms with van der Waals surface area (Å²) >= 11 is 0. The van der Waals surface area contributed by atoms with Gasteiger partial charge in [0.1, 0.15) is 5.75 Å². The van der Waals surface area contributed by atoms with E-state index in [0.717, 1.165) is 29.9 Å². The van der Waals surface area contributed by atoms with E-state index < -0.39 is 0 Å². The van der Waals surface area contributed by atoms with Crippen LogP contribution in [0.3, 0.4) is 0 Å². The minimum absolute atomic E-state index is 0.297. The van der Waals surface area contributed by atoms with Gasteiger partial charge in [-0.05, 0) is 62.0 Å². The quantitative estimate of drug-likeness (QED) is 0.900. The predicted octanol–water partition coefficient (Wildman–Crippen LogP) is 3.31. The lowest BCUT2D eigenvalue weighted by molar-refractivity contribution is 0.278. The van der Waals surface area contributed by atoms with Crippen molar-refractivity contribution < 1.29 is 4.74 Å². The maximum atomic E-state index is 6.52. The molecule has 4 atom stereocenters. The molecule has 2 saturated carbocycles. The summed E-state index contributed by atoms with van der Waals surface area (Å²) in [6.45, 7) is 2.13. The van der Waals surface area contributed by atoms with Gasteiger partial charge in [-0.1, -0.05) is 24.1 Å². The summed E-state index contributed by atoms with van der Waals surface area (Å²) in [5, 5.41) is 0. The molecule has 2 bridgehead atoms. The van der Waals surface area contributed by atoms with E-state index in [9.17, 15) is 0 Å². The van der Waals surface area contributed by atoms with Crippen LogP contribution in [0.1, 0.15) is 36.8 Å². The van der Waals surface area contributed by atoms with Crippen LogP contribution in [0, 0.1) is 24.7 Å². The average Bonchev–Trinajstić information content (AvgIpc) is 3.01. The fourth-order valence-electron chi connectivity index (χ4n) is 4.29. The number of benzene rings is 1.